The second-order valence-corrected chi connectivity index (χ2v) is 9.16. The van der Waals surface area contributed by atoms with Crippen LogP contribution in [-0.2, 0) is 0 Å². The number of pyridine rings is 1. The number of rotatable bonds is 8. The summed E-state index contributed by atoms with van der Waals surface area (Å²) in [5, 5.41) is 2.82. The first-order valence-electron chi connectivity index (χ1n) is 12.5. The molecule has 0 aliphatic heterocycles. The summed E-state index contributed by atoms with van der Waals surface area (Å²) in [5.74, 6) is 0.428. The van der Waals surface area contributed by atoms with Crippen molar-refractivity contribution >= 4 is 22.9 Å². The molecule has 0 aliphatic carbocycles. The second-order valence-electron chi connectivity index (χ2n) is 9.16. The molecule has 4 heterocycles. The minimum Gasteiger partial charge on any atom is -0.315 e. The molecule has 0 unspecified atom stereocenters. The molecule has 1 aromatic carbocycles. The molecule has 1 amide bonds. The molecule has 7 nitrogen and oxygen atoms in total. The second kappa shape index (κ2) is 10.2. The van der Waals surface area contributed by atoms with Gasteiger partial charge in [-0.15, -0.1) is 6.58 Å². The van der Waals surface area contributed by atoms with Crippen LogP contribution in [0.5, 0.6) is 0 Å². The molecule has 0 fully saturated rings. The van der Waals surface area contributed by atoms with Gasteiger partial charge in [0.25, 0.3) is 11.5 Å². The number of fused-ring (bicyclic) bond motifs is 3. The third-order valence-electron chi connectivity index (χ3n) is 6.70. The van der Waals surface area contributed by atoms with Crippen LogP contribution in [-0.4, -0.2) is 24.7 Å². The van der Waals surface area contributed by atoms with Gasteiger partial charge in [0.1, 0.15) is 5.82 Å². The van der Waals surface area contributed by atoms with Gasteiger partial charge in [-0.3, -0.25) is 9.59 Å². The average molecular weight is 492 g/mol. The first-order valence-corrected chi connectivity index (χ1v) is 12.5. The van der Waals surface area contributed by atoms with E-state index in [2.05, 4.69) is 39.3 Å². The van der Waals surface area contributed by atoms with E-state index in [1.165, 1.54) is 6.07 Å². The van der Waals surface area contributed by atoms with Crippen molar-refractivity contribution in [2.24, 2.45) is 0 Å². The number of hydrogen-bond acceptors (Lipinski definition) is 4. The highest BCUT2D eigenvalue weighted by molar-refractivity contribution is 6.04. The fraction of sp³-hybridized carbons (Fsp3) is 0.200. The monoisotopic (exact) mass is 491 g/mol. The lowest BCUT2D eigenvalue weighted by atomic mass is 9.97. The van der Waals surface area contributed by atoms with Gasteiger partial charge < -0.3 is 14.1 Å². The maximum Gasteiger partial charge on any atom is 0.273 e. The van der Waals surface area contributed by atoms with Crippen LogP contribution in [0.1, 0.15) is 53.8 Å². The van der Waals surface area contributed by atoms with Crippen molar-refractivity contribution in [2.45, 2.75) is 39.0 Å². The smallest absolute Gasteiger partial charge is 0.273 e. The van der Waals surface area contributed by atoms with E-state index in [1.807, 2.05) is 48.0 Å². The number of aryl methyl sites for hydroxylation is 1. The number of carbonyl (C=O) groups is 1. The molecule has 1 atom stereocenters. The quantitative estimate of drug-likeness (QED) is 0.269. The van der Waals surface area contributed by atoms with Crippen molar-refractivity contribution < 1.29 is 4.79 Å². The van der Waals surface area contributed by atoms with Crippen LogP contribution in [0.3, 0.4) is 0 Å². The Morgan fingerprint density at radius 3 is 2.59 bits per heavy atom. The van der Waals surface area contributed by atoms with E-state index in [1.54, 1.807) is 30.5 Å². The summed E-state index contributed by atoms with van der Waals surface area (Å²) in [6.45, 7) is 8.18. The van der Waals surface area contributed by atoms with E-state index in [9.17, 15) is 9.59 Å². The van der Waals surface area contributed by atoms with Gasteiger partial charge in [-0.2, -0.15) is 4.98 Å². The van der Waals surface area contributed by atoms with Crippen molar-refractivity contribution in [2.75, 3.05) is 5.32 Å². The van der Waals surface area contributed by atoms with E-state index in [0.717, 1.165) is 47.3 Å². The SMILES string of the molecule is C=C[C@@H](CCCC)c1cc(-c2ccc(C(=O)Nc3ccccn3)cc2)c2c3nc(=O)cc(C)n3ccn12. The summed E-state index contributed by atoms with van der Waals surface area (Å²) in [6.07, 6.45) is 10.8. The van der Waals surface area contributed by atoms with Crippen molar-refractivity contribution in [1.82, 2.24) is 18.8 Å². The van der Waals surface area contributed by atoms with Crippen molar-refractivity contribution in [3.05, 3.63) is 113 Å². The van der Waals surface area contributed by atoms with Gasteiger partial charge in [0.15, 0.2) is 5.65 Å². The zero-order valence-electron chi connectivity index (χ0n) is 21.0. The van der Waals surface area contributed by atoms with E-state index in [-0.39, 0.29) is 17.4 Å². The Labute approximate surface area is 215 Å². The number of benzene rings is 1. The number of hydrogen-bond donors (Lipinski definition) is 1. The number of aromatic nitrogens is 4. The first kappa shape index (κ1) is 24.2. The summed E-state index contributed by atoms with van der Waals surface area (Å²) in [6, 6.07) is 16.5. The summed E-state index contributed by atoms with van der Waals surface area (Å²) < 4.78 is 4.06. The average Bonchev–Trinajstić information content (AvgIpc) is 3.30. The molecule has 7 heteroatoms. The molecular weight excluding hydrogens is 462 g/mol. The zero-order chi connectivity index (χ0) is 25.9. The highest BCUT2D eigenvalue weighted by Crippen LogP contribution is 2.35. The minimum atomic E-state index is -0.271. The molecule has 5 rings (SSSR count). The molecule has 5 aromatic rings. The number of amides is 1. The number of nitrogens with zero attached hydrogens (tertiary/aromatic N) is 4. The van der Waals surface area contributed by atoms with Crippen molar-refractivity contribution in [1.29, 1.82) is 0 Å². The number of unbranched alkanes of at least 4 members (excludes halogenated alkanes) is 1. The minimum absolute atomic E-state index is 0.156. The zero-order valence-corrected chi connectivity index (χ0v) is 21.0. The highest BCUT2D eigenvalue weighted by Gasteiger charge is 2.20. The predicted octanol–water partition coefficient (Wildman–Crippen LogP) is 6.03. The maximum atomic E-state index is 12.7. The van der Waals surface area contributed by atoms with Crippen LogP contribution in [0.2, 0.25) is 0 Å². The molecular formula is C30H29N5O2. The molecule has 186 valence electrons. The molecule has 0 spiro atoms. The van der Waals surface area contributed by atoms with Gasteiger partial charge in [0.05, 0.1) is 5.52 Å². The summed E-state index contributed by atoms with van der Waals surface area (Å²) in [5.41, 5.74) is 5.51. The van der Waals surface area contributed by atoms with Gasteiger partial charge in [0.2, 0.25) is 0 Å². The van der Waals surface area contributed by atoms with Crippen LogP contribution in [0.25, 0.3) is 22.3 Å². The molecule has 0 saturated heterocycles. The lowest BCUT2D eigenvalue weighted by molar-refractivity contribution is 0.102. The van der Waals surface area contributed by atoms with Gasteiger partial charge in [-0.1, -0.05) is 44.0 Å². The number of allylic oxidation sites excluding steroid dienone is 1. The van der Waals surface area contributed by atoms with Crippen molar-refractivity contribution in [3.63, 3.8) is 0 Å². The maximum absolute atomic E-state index is 12.7. The standard InChI is InChI=1S/C30H29N5O2/c1-4-6-9-21(5-2)25-19-24(28-29-33-27(36)18-20(3)34(29)16-17-35(25)28)22-11-13-23(14-12-22)30(37)32-26-10-7-8-15-31-26/h5,7-8,10-19,21H,2,4,6,9H2,1,3H3,(H,31,32,37)/t21-/m0/s1. The lowest BCUT2D eigenvalue weighted by Crippen LogP contribution is -2.12. The summed E-state index contributed by atoms with van der Waals surface area (Å²) in [4.78, 5) is 33.7. The van der Waals surface area contributed by atoms with E-state index in [4.69, 9.17) is 0 Å². The number of nitrogens with one attached hydrogen (secondary N) is 1. The van der Waals surface area contributed by atoms with Crippen LogP contribution in [0.4, 0.5) is 5.82 Å². The van der Waals surface area contributed by atoms with E-state index >= 15 is 0 Å². The molecule has 0 aliphatic rings. The highest BCUT2D eigenvalue weighted by atomic mass is 16.1. The first-order chi connectivity index (χ1) is 18.0. The largest absolute Gasteiger partial charge is 0.315 e. The Morgan fingerprint density at radius 2 is 1.89 bits per heavy atom. The molecule has 4 aromatic heterocycles. The van der Waals surface area contributed by atoms with Crippen LogP contribution in [0, 0.1) is 6.92 Å². The normalized spacial score (nSPS) is 12.1. The number of carbonyl (C=O) groups excluding carboxylic acids is 1. The Hall–Kier alpha value is -4.52. The van der Waals surface area contributed by atoms with Crippen LogP contribution >= 0.6 is 0 Å². The molecule has 0 saturated carbocycles. The Bertz CT molecular complexity index is 1650. The summed E-state index contributed by atoms with van der Waals surface area (Å²) >= 11 is 0. The van der Waals surface area contributed by atoms with Crippen molar-refractivity contribution in [3.8, 4) is 11.1 Å². The Balaban J connectivity index is 1.64. The molecule has 0 bridgehead atoms. The van der Waals surface area contributed by atoms with Gasteiger partial charge in [-0.25, -0.2) is 4.98 Å². The Kier molecular flexibility index (Phi) is 6.68. The third-order valence-corrected chi connectivity index (χ3v) is 6.70. The van der Waals surface area contributed by atoms with Crippen LogP contribution in [0.15, 0.2) is 90.6 Å². The predicted molar refractivity (Wildman–Crippen MR) is 147 cm³/mol. The lowest BCUT2D eigenvalue weighted by Gasteiger charge is -2.14. The fourth-order valence-electron chi connectivity index (χ4n) is 4.77. The fourth-order valence-corrected chi connectivity index (χ4v) is 4.77. The van der Waals surface area contributed by atoms with Crippen LogP contribution < -0.4 is 10.9 Å². The molecule has 1 N–H and O–H groups in total. The van der Waals surface area contributed by atoms with Gasteiger partial charge in [-0.05, 0) is 49.2 Å². The van der Waals surface area contributed by atoms with E-state index < -0.39 is 0 Å². The third kappa shape index (κ3) is 4.68. The van der Waals surface area contributed by atoms with Gasteiger partial charge in [0, 0.05) is 53.1 Å². The topological polar surface area (TPSA) is 80.8 Å². The molecule has 0 radical (unpaired) electrons. The summed E-state index contributed by atoms with van der Waals surface area (Å²) in [7, 11) is 0. The van der Waals surface area contributed by atoms with E-state index in [0.29, 0.717) is 17.0 Å². The van der Waals surface area contributed by atoms with Gasteiger partial charge >= 0.3 is 0 Å². The Morgan fingerprint density at radius 1 is 1.11 bits per heavy atom. The number of anilines is 1. The molecule has 37 heavy (non-hydrogen) atoms.